The number of carbonyl (C=O) groups excluding carboxylic acids is 1. The summed E-state index contributed by atoms with van der Waals surface area (Å²) >= 11 is 1.36. The number of Topliss-reactive ketones (excluding diaryl/α,β-unsaturated/α-hetero) is 1. The van der Waals surface area contributed by atoms with E-state index in [1.165, 1.54) is 23.4 Å². The Labute approximate surface area is 169 Å². The van der Waals surface area contributed by atoms with Crippen LogP contribution in [-0.2, 0) is 17.8 Å². The molecule has 146 valence electrons. The van der Waals surface area contributed by atoms with Crippen molar-refractivity contribution in [2.75, 3.05) is 5.75 Å². The second-order valence-electron chi connectivity index (χ2n) is 7.64. The molecule has 28 heavy (non-hydrogen) atoms. The topological polar surface area (TPSA) is 47.8 Å². The third-order valence-electron chi connectivity index (χ3n) is 4.47. The van der Waals surface area contributed by atoms with Crippen LogP contribution in [0.1, 0.15) is 26.3 Å². The van der Waals surface area contributed by atoms with Gasteiger partial charge in [-0.2, -0.15) is 0 Å². The Balaban J connectivity index is 1.89. The maximum Gasteiger partial charge on any atom is 0.191 e. The maximum atomic E-state index is 14.4. The van der Waals surface area contributed by atoms with Crippen molar-refractivity contribution in [1.29, 1.82) is 0 Å². The Morgan fingerprint density at radius 3 is 2.39 bits per heavy atom. The molecule has 0 atom stereocenters. The van der Waals surface area contributed by atoms with Gasteiger partial charge >= 0.3 is 0 Å². The second kappa shape index (κ2) is 8.69. The first-order valence-corrected chi connectivity index (χ1v) is 10.2. The number of hydrogen-bond acceptors (Lipinski definition) is 4. The number of aryl methyl sites for hydroxylation is 1. The lowest BCUT2D eigenvalue weighted by molar-refractivity contribution is -0.123. The summed E-state index contributed by atoms with van der Waals surface area (Å²) in [5, 5.41) is 9.13. The quantitative estimate of drug-likeness (QED) is 0.525. The maximum absolute atomic E-state index is 14.4. The fourth-order valence-corrected chi connectivity index (χ4v) is 3.80. The molecule has 0 radical (unpaired) electrons. The van der Waals surface area contributed by atoms with E-state index >= 15 is 0 Å². The van der Waals surface area contributed by atoms with Crippen LogP contribution in [0.3, 0.4) is 0 Å². The third-order valence-corrected chi connectivity index (χ3v) is 5.43. The van der Waals surface area contributed by atoms with Crippen molar-refractivity contribution in [3.05, 3.63) is 66.0 Å². The zero-order chi connectivity index (χ0) is 20.1. The van der Waals surface area contributed by atoms with Crippen LogP contribution in [0.4, 0.5) is 4.39 Å². The zero-order valence-electron chi connectivity index (χ0n) is 16.4. The molecule has 0 N–H and O–H groups in total. The molecule has 0 aliphatic carbocycles. The Kier molecular flexibility index (Phi) is 6.29. The first kappa shape index (κ1) is 20.3. The lowest BCUT2D eigenvalue weighted by atomic mass is 9.92. The van der Waals surface area contributed by atoms with Crippen LogP contribution < -0.4 is 0 Å². The fourth-order valence-electron chi connectivity index (χ4n) is 2.67. The standard InChI is InChI=1S/C22H24FN3OS/c1-22(2,3)19(27)15-28-21-25-24-20(17-11-7-8-12-18(17)23)26(21)14-13-16-9-5-4-6-10-16/h4-12H,13-15H2,1-3H3. The molecule has 0 spiro atoms. The van der Waals surface area contributed by atoms with Gasteiger partial charge in [-0.05, 0) is 24.1 Å². The van der Waals surface area contributed by atoms with E-state index in [0.29, 0.717) is 28.8 Å². The van der Waals surface area contributed by atoms with Gasteiger partial charge in [-0.3, -0.25) is 4.79 Å². The Morgan fingerprint density at radius 1 is 1.04 bits per heavy atom. The molecule has 0 amide bonds. The first-order valence-electron chi connectivity index (χ1n) is 9.24. The molecule has 0 unspecified atom stereocenters. The molecule has 0 bridgehead atoms. The van der Waals surface area contributed by atoms with E-state index in [4.69, 9.17) is 0 Å². The number of thioether (sulfide) groups is 1. The minimum Gasteiger partial charge on any atom is -0.302 e. The Bertz CT molecular complexity index is 948. The highest BCUT2D eigenvalue weighted by atomic mass is 32.2. The van der Waals surface area contributed by atoms with Crippen molar-refractivity contribution in [2.45, 2.75) is 38.9 Å². The van der Waals surface area contributed by atoms with E-state index in [1.54, 1.807) is 18.2 Å². The van der Waals surface area contributed by atoms with Gasteiger partial charge in [-0.1, -0.05) is 75.0 Å². The van der Waals surface area contributed by atoms with Crippen molar-refractivity contribution in [2.24, 2.45) is 5.41 Å². The average Bonchev–Trinajstić information content (AvgIpc) is 3.07. The molecule has 6 heteroatoms. The van der Waals surface area contributed by atoms with Crippen LogP contribution in [0.25, 0.3) is 11.4 Å². The van der Waals surface area contributed by atoms with Crippen LogP contribution in [0.2, 0.25) is 0 Å². The highest BCUT2D eigenvalue weighted by Crippen LogP contribution is 2.28. The fraction of sp³-hybridized carbons (Fsp3) is 0.318. The minimum atomic E-state index is -0.406. The number of rotatable bonds is 7. The molecule has 1 aromatic heterocycles. The smallest absolute Gasteiger partial charge is 0.191 e. The van der Waals surface area contributed by atoms with Gasteiger partial charge < -0.3 is 4.57 Å². The summed E-state index contributed by atoms with van der Waals surface area (Å²) in [5.74, 6) is 0.602. The van der Waals surface area contributed by atoms with Crippen LogP contribution >= 0.6 is 11.8 Å². The highest BCUT2D eigenvalue weighted by Gasteiger charge is 2.23. The lowest BCUT2D eigenvalue weighted by Gasteiger charge is -2.16. The average molecular weight is 398 g/mol. The predicted molar refractivity (Wildman–Crippen MR) is 111 cm³/mol. The van der Waals surface area contributed by atoms with E-state index in [2.05, 4.69) is 22.3 Å². The summed E-state index contributed by atoms with van der Waals surface area (Å²) in [4.78, 5) is 12.3. The molecule has 4 nitrogen and oxygen atoms in total. The first-order chi connectivity index (χ1) is 13.4. The van der Waals surface area contributed by atoms with Crippen molar-refractivity contribution in [3.63, 3.8) is 0 Å². The molecule has 2 aromatic carbocycles. The molecule has 0 saturated carbocycles. The number of nitrogens with zero attached hydrogens (tertiary/aromatic N) is 3. The van der Waals surface area contributed by atoms with Crippen molar-refractivity contribution < 1.29 is 9.18 Å². The summed E-state index contributed by atoms with van der Waals surface area (Å²) < 4.78 is 16.3. The number of aromatic nitrogens is 3. The molecule has 0 aliphatic heterocycles. The van der Waals surface area contributed by atoms with Gasteiger partial charge in [0.05, 0.1) is 11.3 Å². The Morgan fingerprint density at radius 2 is 1.71 bits per heavy atom. The number of benzene rings is 2. The molecular weight excluding hydrogens is 373 g/mol. The van der Waals surface area contributed by atoms with Crippen molar-refractivity contribution in [1.82, 2.24) is 14.8 Å². The molecule has 0 fully saturated rings. The molecule has 1 heterocycles. The van der Waals surface area contributed by atoms with Gasteiger partial charge in [0.25, 0.3) is 0 Å². The minimum absolute atomic E-state index is 0.141. The zero-order valence-corrected chi connectivity index (χ0v) is 17.2. The predicted octanol–water partition coefficient (Wildman–Crippen LogP) is 5.03. The van der Waals surface area contributed by atoms with E-state index in [0.717, 1.165) is 6.42 Å². The molecular formula is C22H24FN3OS. The van der Waals surface area contributed by atoms with Crippen LogP contribution in [0, 0.1) is 11.2 Å². The molecule has 0 saturated heterocycles. The van der Waals surface area contributed by atoms with Gasteiger partial charge in [-0.25, -0.2) is 4.39 Å². The van der Waals surface area contributed by atoms with Gasteiger partial charge in [0, 0.05) is 12.0 Å². The van der Waals surface area contributed by atoms with E-state index < -0.39 is 5.41 Å². The van der Waals surface area contributed by atoms with E-state index in [1.807, 2.05) is 43.5 Å². The molecule has 3 aromatic rings. The van der Waals surface area contributed by atoms with Gasteiger partial charge in [0.15, 0.2) is 11.0 Å². The summed E-state index contributed by atoms with van der Waals surface area (Å²) in [6.45, 7) is 6.31. The normalized spacial score (nSPS) is 11.6. The summed E-state index contributed by atoms with van der Waals surface area (Å²) in [6.07, 6.45) is 0.765. The van der Waals surface area contributed by atoms with Gasteiger partial charge in [-0.15, -0.1) is 10.2 Å². The van der Waals surface area contributed by atoms with Crippen molar-refractivity contribution >= 4 is 17.5 Å². The van der Waals surface area contributed by atoms with Crippen molar-refractivity contribution in [3.8, 4) is 11.4 Å². The highest BCUT2D eigenvalue weighted by molar-refractivity contribution is 7.99. The molecule has 0 aliphatic rings. The van der Waals surface area contributed by atoms with Crippen LogP contribution in [0.15, 0.2) is 59.8 Å². The summed E-state index contributed by atoms with van der Waals surface area (Å²) in [7, 11) is 0. The molecule has 3 rings (SSSR count). The summed E-state index contributed by atoms with van der Waals surface area (Å²) in [6, 6.07) is 16.6. The second-order valence-corrected chi connectivity index (χ2v) is 8.58. The van der Waals surface area contributed by atoms with E-state index in [-0.39, 0.29) is 11.6 Å². The number of halogens is 1. The number of hydrogen-bond donors (Lipinski definition) is 0. The van der Waals surface area contributed by atoms with Gasteiger partial charge in [0.1, 0.15) is 11.6 Å². The van der Waals surface area contributed by atoms with Gasteiger partial charge in [0.2, 0.25) is 0 Å². The number of ketones is 1. The summed E-state index contributed by atoms with van der Waals surface area (Å²) in [5.41, 5.74) is 1.19. The van der Waals surface area contributed by atoms with Crippen LogP contribution in [-0.4, -0.2) is 26.3 Å². The third kappa shape index (κ3) is 4.87. The Hall–Kier alpha value is -2.47. The van der Waals surface area contributed by atoms with Crippen LogP contribution in [0.5, 0.6) is 0 Å². The van der Waals surface area contributed by atoms with E-state index in [9.17, 15) is 9.18 Å². The SMILES string of the molecule is CC(C)(C)C(=O)CSc1nnc(-c2ccccc2F)n1CCc1ccccc1. The number of carbonyl (C=O) groups is 1. The lowest BCUT2D eigenvalue weighted by Crippen LogP contribution is -2.22. The monoisotopic (exact) mass is 397 g/mol. The largest absolute Gasteiger partial charge is 0.302 e.